The first-order valence-corrected chi connectivity index (χ1v) is 6.37. The zero-order valence-electron chi connectivity index (χ0n) is 10.5. The van der Waals surface area contributed by atoms with E-state index in [0.717, 1.165) is 24.7 Å². The minimum atomic E-state index is 0.372. The van der Waals surface area contributed by atoms with Crippen LogP contribution in [0, 0.1) is 17.3 Å². The van der Waals surface area contributed by atoms with Crippen molar-refractivity contribution in [2.45, 2.75) is 46.0 Å². The highest BCUT2D eigenvalue weighted by Gasteiger charge is 2.42. The fourth-order valence-electron chi connectivity index (χ4n) is 3.49. The summed E-state index contributed by atoms with van der Waals surface area (Å²) in [6.07, 6.45) is 9.21. The molecule has 0 aliphatic heterocycles. The van der Waals surface area contributed by atoms with E-state index in [0.29, 0.717) is 17.3 Å². The molecule has 1 saturated carbocycles. The lowest BCUT2D eigenvalue weighted by molar-refractivity contribution is -0.106. The highest BCUT2D eigenvalue weighted by atomic mass is 16.1. The normalized spacial score (nSPS) is 38.5. The van der Waals surface area contributed by atoms with Crippen LogP contribution in [0.5, 0.6) is 0 Å². The Morgan fingerprint density at radius 2 is 2.31 bits per heavy atom. The number of carbonyl (C=O) groups excluding carboxylic acids is 1. The maximum absolute atomic E-state index is 11.1. The molecule has 3 atom stereocenters. The van der Waals surface area contributed by atoms with Crippen LogP contribution >= 0.6 is 0 Å². The molecular formula is C15H22O. The fourth-order valence-corrected chi connectivity index (χ4v) is 3.49. The van der Waals surface area contributed by atoms with Crippen LogP contribution in [0.1, 0.15) is 46.0 Å². The van der Waals surface area contributed by atoms with Crippen molar-refractivity contribution < 1.29 is 4.79 Å². The highest BCUT2D eigenvalue weighted by molar-refractivity contribution is 5.74. The third kappa shape index (κ3) is 1.88. The van der Waals surface area contributed by atoms with E-state index in [4.69, 9.17) is 0 Å². The summed E-state index contributed by atoms with van der Waals surface area (Å²) in [5, 5.41) is 0. The standard InChI is InChI=1S/C15H22O/c1-11(2)12-6-8-15(3)7-4-5-13(10-16)14(15)9-12/h5,10,12,14H,1,4,6-9H2,2-3H3/t12-,14+,15+/m0/s1. The summed E-state index contributed by atoms with van der Waals surface area (Å²) in [7, 11) is 0. The summed E-state index contributed by atoms with van der Waals surface area (Å²) < 4.78 is 0. The number of allylic oxidation sites excluding steroid dienone is 3. The first-order valence-electron chi connectivity index (χ1n) is 6.37. The predicted octanol–water partition coefficient (Wildman–Crippen LogP) is 3.90. The molecule has 0 heterocycles. The van der Waals surface area contributed by atoms with Crippen LogP contribution in [0.25, 0.3) is 0 Å². The van der Waals surface area contributed by atoms with Crippen molar-refractivity contribution in [3.05, 3.63) is 23.8 Å². The molecule has 1 nitrogen and oxygen atoms in total. The Morgan fingerprint density at radius 3 is 2.94 bits per heavy atom. The molecule has 2 rings (SSSR count). The summed E-state index contributed by atoms with van der Waals surface area (Å²) in [6.45, 7) is 8.57. The van der Waals surface area contributed by atoms with Crippen LogP contribution in [0.3, 0.4) is 0 Å². The van der Waals surface area contributed by atoms with Gasteiger partial charge in [0.25, 0.3) is 0 Å². The lowest BCUT2D eigenvalue weighted by atomic mass is 9.57. The smallest absolute Gasteiger partial charge is 0.146 e. The zero-order valence-corrected chi connectivity index (χ0v) is 10.5. The van der Waals surface area contributed by atoms with E-state index < -0.39 is 0 Å². The Morgan fingerprint density at radius 1 is 1.56 bits per heavy atom. The second-order valence-electron chi connectivity index (χ2n) is 5.88. The van der Waals surface area contributed by atoms with Crippen LogP contribution in [0.4, 0.5) is 0 Å². The number of hydrogen-bond donors (Lipinski definition) is 0. The van der Waals surface area contributed by atoms with Gasteiger partial charge in [-0.15, -0.1) is 0 Å². The molecule has 0 aromatic heterocycles. The molecular weight excluding hydrogens is 196 g/mol. The van der Waals surface area contributed by atoms with Gasteiger partial charge in [-0.2, -0.15) is 0 Å². The zero-order chi connectivity index (χ0) is 11.8. The van der Waals surface area contributed by atoms with E-state index in [-0.39, 0.29) is 0 Å². The lowest BCUT2D eigenvalue weighted by Crippen LogP contribution is -2.38. The Labute approximate surface area is 98.6 Å². The third-order valence-corrected chi connectivity index (χ3v) is 4.76. The fraction of sp³-hybridized carbons (Fsp3) is 0.667. The Kier molecular flexibility index (Phi) is 3.05. The van der Waals surface area contributed by atoms with Crippen molar-refractivity contribution in [3.8, 4) is 0 Å². The molecule has 1 fully saturated rings. The Bertz CT molecular complexity index is 339. The van der Waals surface area contributed by atoms with E-state index >= 15 is 0 Å². The van der Waals surface area contributed by atoms with Gasteiger partial charge < -0.3 is 0 Å². The van der Waals surface area contributed by atoms with Crippen molar-refractivity contribution in [2.24, 2.45) is 17.3 Å². The van der Waals surface area contributed by atoms with Crippen molar-refractivity contribution in [3.63, 3.8) is 0 Å². The lowest BCUT2D eigenvalue weighted by Gasteiger charge is -2.47. The van der Waals surface area contributed by atoms with Crippen molar-refractivity contribution >= 4 is 6.29 Å². The van der Waals surface area contributed by atoms with Gasteiger partial charge in [-0.05, 0) is 61.9 Å². The number of rotatable bonds is 2. The van der Waals surface area contributed by atoms with Crippen molar-refractivity contribution in [2.75, 3.05) is 0 Å². The van der Waals surface area contributed by atoms with Gasteiger partial charge in [0.1, 0.15) is 6.29 Å². The molecule has 0 spiro atoms. The topological polar surface area (TPSA) is 17.1 Å². The molecule has 88 valence electrons. The average Bonchev–Trinajstić information content (AvgIpc) is 2.26. The molecule has 0 bridgehead atoms. The molecule has 1 heteroatoms. The largest absolute Gasteiger partial charge is 0.298 e. The van der Waals surface area contributed by atoms with Gasteiger partial charge in [-0.25, -0.2) is 0 Å². The molecule has 0 aromatic rings. The number of aldehydes is 1. The molecule has 0 N–H and O–H groups in total. The summed E-state index contributed by atoms with van der Waals surface area (Å²) in [4.78, 5) is 11.1. The quantitative estimate of drug-likeness (QED) is 0.507. The van der Waals surface area contributed by atoms with Gasteiger partial charge in [-0.1, -0.05) is 25.2 Å². The van der Waals surface area contributed by atoms with Crippen LogP contribution in [-0.2, 0) is 4.79 Å². The van der Waals surface area contributed by atoms with E-state index in [1.165, 1.54) is 24.8 Å². The second-order valence-corrected chi connectivity index (χ2v) is 5.88. The minimum absolute atomic E-state index is 0.372. The first-order chi connectivity index (χ1) is 7.57. The molecule has 16 heavy (non-hydrogen) atoms. The van der Waals surface area contributed by atoms with Gasteiger partial charge in [0.2, 0.25) is 0 Å². The van der Waals surface area contributed by atoms with E-state index in [1.54, 1.807) is 0 Å². The highest BCUT2D eigenvalue weighted by Crippen LogP contribution is 2.52. The SMILES string of the molecule is C=C(C)[C@H]1CC[C@@]2(C)CCC=C(C=O)[C@H]2C1. The molecule has 0 saturated heterocycles. The molecule has 2 aliphatic carbocycles. The number of fused-ring (bicyclic) bond motifs is 1. The summed E-state index contributed by atoms with van der Waals surface area (Å²) in [6, 6.07) is 0. The van der Waals surface area contributed by atoms with Gasteiger partial charge in [-0.3, -0.25) is 4.79 Å². The molecule has 0 radical (unpaired) electrons. The summed E-state index contributed by atoms with van der Waals surface area (Å²) >= 11 is 0. The summed E-state index contributed by atoms with van der Waals surface area (Å²) in [5.41, 5.74) is 2.72. The van der Waals surface area contributed by atoms with E-state index in [2.05, 4.69) is 26.5 Å². The third-order valence-electron chi connectivity index (χ3n) is 4.76. The molecule has 0 aromatic carbocycles. The molecule has 0 unspecified atom stereocenters. The minimum Gasteiger partial charge on any atom is -0.298 e. The Hall–Kier alpha value is -0.850. The van der Waals surface area contributed by atoms with E-state index in [1.807, 2.05) is 0 Å². The monoisotopic (exact) mass is 218 g/mol. The second kappa shape index (κ2) is 4.20. The Balaban J connectivity index is 2.24. The van der Waals surface area contributed by atoms with Crippen LogP contribution in [-0.4, -0.2) is 6.29 Å². The van der Waals surface area contributed by atoms with Crippen molar-refractivity contribution in [1.29, 1.82) is 0 Å². The predicted molar refractivity (Wildman–Crippen MR) is 67.1 cm³/mol. The number of hydrogen-bond acceptors (Lipinski definition) is 1. The van der Waals surface area contributed by atoms with Crippen molar-refractivity contribution in [1.82, 2.24) is 0 Å². The first kappa shape index (κ1) is 11.6. The maximum atomic E-state index is 11.1. The van der Waals surface area contributed by atoms with Gasteiger partial charge in [0, 0.05) is 0 Å². The summed E-state index contributed by atoms with van der Waals surface area (Å²) in [5.74, 6) is 1.11. The average molecular weight is 218 g/mol. The van der Waals surface area contributed by atoms with Crippen LogP contribution in [0.15, 0.2) is 23.8 Å². The van der Waals surface area contributed by atoms with Crippen LogP contribution in [0.2, 0.25) is 0 Å². The van der Waals surface area contributed by atoms with Crippen LogP contribution < -0.4 is 0 Å². The van der Waals surface area contributed by atoms with Gasteiger partial charge in [0.15, 0.2) is 0 Å². The molecule has 0 amide bonds. The molecule has 2 aliphatic rings. The van der Waals surface area contributed by atoms with Gasteiger partial charge >= 0.3 is 0 Å². The maximum Gasteiger partial charge on any atom is 0.146 e. The van der Waals surface area contributed by atoms with E-state index in [9.17, 15) is 4.79 Å². The number of carbonyl (C=O) groups is 1. The van der Waals surface area contributed by atoms with Gasteiger partial charge in [0.05, 0.1) is 0 Å².